The molecule has 2 aromatic rings. The third kappa shape index (κ3) is 2.93. The van der Waals surface area contributed by atoms with Gasteiger partial charge in [0.25, 0.3) is 0 Å². The number of hydrogen-bond acceptors (Lipinski definition) is 5. The maximum absolute atomic E-state index is 8.95. The van der Waals surface area contributed by atoms with Crippen molar-refractivity contribution in [1.82, 2.24) is 9.97 Å². The minimum Gasteiger partial charge on any atom is -0.395 e. The number of benzene rings is 1. The van der Waals surface area contributed by atoms with Gasteiger partial charge in [-0.1, -0.05) is 12.1 Å². The number of aromatic nitrogens is 2. The van der Waals surface area contributed by atoms with Gasteiger partial charge in [0, 0.05) is 25.0 Å². The van der Waals surface area contributed by atoms with Gasteiger partial charge in [0.05, 0.1) is 12.1 Å². The topological polar surface area (TPSA) is 61.3 Å². The predicted octanol–water partition coefficient (Wildman–Crippen LogP) is 1.88. The number of para-hydroxylation sites is 1. The van der Waals surface area contributed by atoms with E-state index in [-0.39, 0.29) is 6.61 Å². The molecule has 0 fully saturated rings. The van der Waals surface area contributed by atoms with Gasteiger partial charge in [-0.25, -0.2) is 4.98 Å². The lowest BCUT2D eigenvalue weighted by Crippen LogP contribution is -2.24. The lowest BCUT2D eigenvalue weighted by molar-refractivity contribution is 0.311. The van der Waals surface area contributed by atoms with Gasteiger partial charge in [0.2, 0.25) is 5.95 Å². The summed E-state index contributed by atoms with van der Waals surface area (Å²) >= 11 is 0. The Morgan fingerprint density at radius 3 is 2.58 bits per heavy atom. The van der Waals surface area contributed by atoms with E-state index < -0.39 is 0 Å². The highest BCUT2D eigenvalue weighted by molar-refractivity contribution is 5.90. The minimum atomic E-state index is 0.0823. The highest BCUT2D eigenvalue weighted by Gasteiger charge is 2.10. The number of fused-ring (bicyclic) bond motifs is 1. The smallest absolute Gasteiger partial charge is 0.227 e. The van der Waals surface area contributed by atoms with E-state index in [0.717, 1.165) is 35.8 Å². The van der Waals surface area contributed by atoms with E-state index in [2.05, 4.69) is 34.0 Å². The summed E-state index contributed by atoms with van der Waals surface area (Å²) in [5.74, 6) is 1.51. The number of nitrogens with zero attached hydrogens (tertiary/aromatic N) is 3. The molecule has 5 heteroatoms. The Morgan fingerprint density at radius 1 is 1.16 bits per heavy atom. The second-order valence-electron chi connectivity index (χ2n) is 4.21. The van der Waals surface area contributed by atoms with Crippen LogP contribution in [0.4, 0.5) is 11.8 Å². The van der Waals surface area contributed by atoms with Crippen LogP contribution in [0.1, 0.15) is 13.8 Å². The lowest BCUT2D eigenvalue weighted by atomic mass is 10.2. The van der Waals surface area contributed by atoms with Crippen molar-refractivity contribution in [3.8, 4) is 0 Å². The van der Waals surface area contributed by atoms with Gasteiger partial charge in [-0.15, -0.1) is 0 Å². The van der Waals surface area contributed by atoms with Crippen molar-refractivity contribution in [2.24, 2.45) is 0 Å². The van der Waals surface area contributed by atoms with Crippen molar-refractivity contribution >= 4 is 22.7 Å². The van der Waals surface area contributed by atoms with Crippen LogP contribution in [0.25, 0.3) is 10.9 Å². The largest absolute Gasteiger partial charge is 0.395 e. The van der Waals surface area contributed by atoms with Crippen LogP contribution < -0.4 is 10.2 Å². The fourth-order valence-corrected chi connectivity index (χ4v) is 2.02. The van der Waals surface area contributed by atoms with Gasteiger partial charge in [0.1, 0.15) is 5.82 Å². The van der Waals surface area contributed by atoms with Crippen LogP contribution in [0, 0.1) is 0 Å². The molecule has 0 aliphatic carbocycles. The van der Waals surface area contributed by atoms with E-state index >= 15 is 0 Å². The van der Waals surface area contributed by atoms with Crippen molar-refractivity contribution in [2.75, 3.05) is 36.5 Å². The quantitative estimate of drug-likeness (QED) is 0.830. The number of aliphatic hydroxyl groups excluding tert-OH is 1. The van der Waals surface area contributed by atoms with Crippen LogP contribution in [-0.4, -0.2) is 41.3 Å². The molecule has 0 aliphatic heterocycles. The molecule has 19 heavy (non-hydrogen) atoms. The van der Waals surface area contributed by atoms with Crippen molar-refractivity contribution < 1.29 is 5.11 Å². The zero-order valence-electron chi connectivity index (χ0n) is 11.4. The Hall–Kier alpha value is -1.88. The Labute approximate surface area is 113 Å². The van der Waals surface area contributed by atoms with Gasteiger partial charge in [-0.05, 0) is 26.0 Å². The number of aliphatic hydroxyl groups is 1. The molecule has 0 atom stereocenters. The summed E-state index contributed by atoms with van der Waals surface area (Å²) in [4.78, 5) is 11.3. The van der Waals surface area contributed by atoms with Gasteiger partial charge < -0.3 is 15.3 Å². The van der Waals surface area contributed by atoms with E-state index in [1.54, 1.807) is 0 Å². The lowest BCUT2D eigenvalue weighted by Gasteiger charge is -2.20. The summed E-state index contributed by atoms with van der Waals surface area (Å²) < 4.78 is 0. The molecule has 0 saturated carbocycles. The van der Waals surface area contributed by atoms with Crippen molar-refractivity contribution in [3.05, 3.63) is 24.3 Å². The van der Waals surface area contributed by atoms with Gasteiger partial charge in [-0.3, -0.25) is 0 Å². The molecule has 0 bridgehead atoms. The van der Waals surface area contributed by atoms with Crippen LogP contribution in [-0.2, 0) is 0 Å². The maximum Gasteiger partial charge on any atom is 0.227 e. The molecule has 2 rings (SSSR count). The van der Waals surface area contributed by atoms with Crippen LogP contribution in [0.15, 0.2) is 24.3 Å². The molecule has 0 radical (unpaired) electrons. The third-order valence-electron chi connectivity index (χ3n) is 3.04. The number of nitrogens with one attached hydrogen (secondary N) is 1. The molecule has 0 spiro atoms. The maximum atomic E-state index is 8.95. The Balaban J connectivity index is 2.49. The molecule has 1 aromatic carbocycles. The van der Waals surface area contributed by atoms with E-state index in [1.807, 2.05) is 24.3 Å². The number of hydrogen-bond donors (Lipinski definition) is 2. The molecule has 102 valence electrons. The summed E-state index contributed by atoms with van der Waals surface area (Å²) in [6.45, 7) is 6.48. The first-order valence-corrected chi connectivity index (χ1v) is 6.66. The van der Waals surface area contributed by atoms with E-state index in [9.17, 15) is 0 Å². The highest BCUT2D eigenvalue weighted by atomic mass is 16.3. The molecule has 0 unspecified atom stereocenters. The number of rotatable bonds is 6. The molecular formula is C14H20N4O. The summed E-state index contributed by atoms with van der Waals surface area (Å²) in [7, 11) is 0. The Bertz CT molecular complexity index is 540. The van der Waals surface area contributed by atoms with Crippen LogP contribution >= 0.6 is 0 Å². The normalized spacial score (nSPS) is 10.7. The zero-order chi connectivity index (χ0) is 13.7. The molecule has 2 N–H and O–H groups in total. The van der Waals surface area contributed by atoms with Crippen LogP contribution in [0.2, 0.25) is 0 Å². The molecule has 5 nitrogen and oxygen atoms in total. The summed E-state index contributed by atoms with van der Waals surface area (Å²) in [6.07, 6.45) is 0. The molecule has 1 heterocycles. The van der Waals surface area contributed by atoms with Crippen LogP contribution in [0.3, 0.4) is 0 Å². The third-order valence-corrected chi connectivity index (χ3v) is 3.04. The van der Waals surface area contributed by atoms with Gasteiger partial charge in [0.15, 0.2) is 0 Å². The predicted molar refractivity (Wildman–Crippen MR) is 78.7 cm³/mol. The summed E-state index contributed by atoms with van der Waals surface area (Å²) in [5, 5.41) is 13.1. The SMILES string of the molecule is CCN(CC)c1nc(NCCO)c2ccccc2n1. The van der Waals surface area contributed by atoms with Crippen LogP contribution in [0.5, 0.6) is 0 Å². The van der Waals surface area contributed by atoms with Crippen molar-refractivity contribution in [3.63, 3.8) is 0 Å². The number of anilines is 2. The van der Waals surface area contributed by atoms with Crippen molar-refractivity contribution in [1.29, 1.82) is 0 Å². The summed E-state index contributed by atoms with van der Waals surface area (Å²) in [6, 6.07) is 7.90. The minimum absolute atomic E-state index is 0.0823. The molecule has 1 aromatic heterocycles. The fourth-order valence-electron chi connectivity index (χ4n) is 2.02. The average Bonchev–Trinajstić information content (AvgIpc) is 2.46. The van der Waals surface area contributed by atoms with E-state index in [1.165, 1.54) is 0 Å². The second-order valence-corrected chi connectivity index (χ2v) is 4.21. The Morgan fingerprint density at radius 2 is 1.89 bits per heavy atom. The molecule has 0 aliphatic rings. The molecule has 0 saturated heterocycles. The fraction of sp³-hybridized carbons (Fsp3) is 0.429. The monoisotopic (exact) mass is 260 g/mol. The van der Waals surface area contributed by atoms with E-state index in [0.29, 0.717) is 6.54 Å². The Kier molecular flexibility index (Phi) is 4.52. The summed E-state index contributed by atoms with van der Waals surface area (Å²) in [5.41, 5.74) is 0.917. The molecule has 0 amide bonds. The van der Waals surface area contributed by atoms with E-state index in [4.69, 9.17) is 5.11 Å². The first-order chi connectivity index (χ1) is 9.30. The first-order valence-electron chi connectivity index (χ1n) is 6.66. The second kappa shape index (κ2) is 6.33. The molecular weight excluding hydrogens is 240 g/mol. The average molecular weight is 260 g/mol. The van der Waals surface area contributed by atoms with Gasteiger partial charge in [-0.2, -0.15) is 4.98 Å². The highest BCUT2D eigenvalue weighted by Crippen LogP contribution is 2.23. The zero-order valence-corrected chi connectivity index (χ0v) is 11.4. The van der Waals surface area contributed by atoms with Crippen molar-refractivity contribution in [2.45, 2.75) is 13.8 Å². The van der Waals surface area contributed by atoms with Gasteiger partial charge >= 0.3 is 0 Å². The first kappa shape index (κ1) is 13.5. The standard InChI is InChI=1S/C14H20N4O/c1-3-18(4-2)14-16-12-8-6-5-7-11(12)13(17-14)15-9-10-19/h5-8,19H,3-4,9-10H2,1-2H3,(H,15,16,17).